The lowest BCUT2D eigenvalue weighted by Crippen LogP contribution is -2.18. The van der Waals surface area contributed by atoms with Crippen LogP contribution in [0.5, 0.6) is 5.88 Å². The number of aromatic nitrogens is 5. The van der Waals surface area contributed by atoms with Gasteiger partial charge in [0.1, 0.15) is 12.2 Å². The quantitative estimate of drug-likeness (QED) is 0.825. The van der Waals surface area contributed by atoms with E-state index in [0.29, 0.717) is 18.0 Å². The molecule has 0 bridgehead atoms. The first-order valence-corrected chi connectivity index (χ1v) is 6.24. The summed E-state index contributed by atoms with van der Waals surface area (Å²) < 4.78 is 6.84. The number of hydrogen-bond donors (Lipinski definition) is 1. The van der Waals surface area contributed by atoms with Gasteiger partial charge in [-0.1, -0.05) is 6.92 Å². The van der Waals surface area contributed by atoms with Gasteiger partial charge in [-0.2, -0.15) is 10.2 Å². The Morgan fingerprint density at radius 1 is 1.37 bits per heavy atom. The molecule has 0 saturated heterocycles. The van der Waals surface area contributed by atoms with Crippen LogP contribution < -0.4 is 10.5 Å². The van der Waals surface area contributed by atoms with Gasteiger partial charge in [0, 0.05) is 19.0 Å². The summed E-state index contributed by atoms with van der Waals surface area (Å²) in [5.41, 5.74) is 6.83. The van der Waals surface area contributed by atoms with Gasteiger partial charge in [0.2, 0.25) is 5.88 Å². The van der Waals surface area contributed by atoms with E-state index < -0.39 is 0 Å². The van der Waals surface area contributed by atoms with Crippen LogP contribution in [0.3, 0.4) is 0 Å². The van der Waals surface area contributed by atoms with Gasteiger partial charge in [-0.25, -0.2) is 4.98 Å². The fraction of sp³-hybridized carbons (Fsp3) is 0.500. The Hall–Kier alpha value is -2.02. The second-order valence-corrected chi connectivity index (χ2v) is 4.21. The van der Waals surface area contributed by atoms with Crippen molar-refractivity contribution in [2.75, 3.05) is 7.11 Å². The molecule has 0 radical (unpaired) electrons. The highest BCUT2D eigenvalue weighted by Crippen LogP contribution is 2.14. The number of nitrogens with two attached hydrogens (primary N) is 1. The third-order valence-corrected chi connectivity index (χ3v) is 2.78. The zero-order valence-electron chi connectivity index (χ0n) is 11.2. The van der Waals surface area contributed by atoms with E-state index >= 15 is 0 Å². The molecule has 0 spiro atoms. The van der Waals surface area contributed by atoms with Gasteiger partial charge < -0.3 is 10.5 Å². The van der Waals surface area contributed by atoms with Gasteiger partial charge in [-0.3, -0.25) is 4.68 Å². The Morgan fingerprint density at radius 3 is 2.84 bits per heavy atom. The van der Waals surface area contributed by atoms with Crippen LogP contribution in [-0.4, -0.2) is 32.1 Å². The highest BCUT2D eigenvalue weighted by atomic mass is 16.5. The van der Waals surface area contributed by atoms with Crippen molar-refractivity contribution in [2.45, 2.75) is 32.4 Å². The van der Waals surface area contributed by atoms with Crippen molar-refractivity contribution < 1.29 is 4.74 Å². The number of methoxy groups -OCH3 is 1. The maximum atomic E-state index is 6.12. The second kappa shape index (κ2) is 6.24. The van der Waals surface area contributed by atoms with E-state index in [1.807, 2.05) is 10.7 Å². The number of ether oxygens (including phenoxy) is 1. The molecule has 1 unspecified atom stereocenters. The van der Waals surface area contributed by atoms with E-state index in [1.165, 1.54) is 0 Å². The molecule has 2 rings (SSSR count). The third kappa shape index (κ3) is 3.25. The molecule has 0 fully saturated rings. The molecule has 0 amide bonds. The van der Waals surface area contributed by atoms with Crippen molar-refractivity contribution in [3.8, 4) is 5.88 Å². The van der Waals surface area contributed by atoms with Crippen molar-refractivity contribution in [1.82, 2.24) is 25.0 Å². The summed E-state index contributed by atoms with van der Waals surface area (Å²) in [5.74, 6) is 1.34. The maximum absolute atomic E-state index is 6.12. The molecular weight excluding hydrogens is 244 g/mol. The normalized spacial score (nSPS) is 12.4. The van der Waals surface area contributed by atoms with Crippen molar-refractivity contribution in [3.63, 3.8) is 0 Å². The summed E-state index contributed by atoms with van der Waals surface area (Å²) in [6, 6.07) is 3.31. The van der Waals surface area contributed by atoms with Crippen LogP contribution in [0, 0.1) is 0 Å². The van der Waals surface area contributed by atoms with E-state index in [2.05, 4.69) is 27.2 Å². The minimum absolute atomic E-state index is 0.252. The number of nitrogens with zero attached hydrogens (tertiary/aromatic N) is 5. The summed E-state index contributed by atoms with van der Waals surface area (Å²) in [4.78, 5) is 4.23. The molecule has 19 heavy (non-hydrogen) atoms. The monoisotopic (exact) mass is 262 g/mol. The zero-order chi connectivity index (χ0) is 13.7. The maximum Gasteiger partial charge on any atom is 0.233 e. The first-order chi connectivity index (χ1) is 9.24. The van der Waals surface area contributed by atoms with Crippen molar-refractivity contribution >= 4 is 0 Å². The third-order valence-electron chi connectivity index (χ3n) is 2.78. The molecule has 1 atom stereocenters. The Balaban J connectivity index is 2.06. The molecule has 0 aromatic carbocycles. The van der Waals surface area contributed by atoms with E-state index in [1.54, 1.807) is 19.5 Å². The van der Waals surface area contributed by atoms with Crippen LogP contribution in [0.15, 0.2) is 18.5 Å². The van der Waals surface area contributed by atoms with Crippen LogP contribution in [-0.2, 0) is 13.0 Å². The summed E-state index contributed by atoms with van der Waals surface area (Å²) in [7, 11) is 1.55. The second-order valence-electron chi connectivity index (χ2n) is 4.21. The molecule has 7 nitrogen and oxygen atoms in total. The Morgan fingerprint density at radius 2 is 2.21 bits per heavy atom. The molecule has 2 N–H and O–H groups in total. The van der Waals surface area contributed by atoms with Crippen LogP contribution in [0.2, 0.25) is 0 Å². The molecule has 102 valence electrons. The standard InChI is InChI=1S/C12H18N6O/c1-3-6-18-11(14-8-15-18)7-9(13)10-4-5-12(19-2)17-16-10/h4-5,8-9H,3,6-7,13H2,1-2H3. The molecule has 2 aromatic heterocycles. The van der Waals surface area contributed by atoms with Gasteiger partial charge in [-0.15, -0.1) is 5.10 Å². The zero-order valence-corrected chi connectivity index (χ0v) is 11.2. The van der Waals surface area contributed by atoms with Gasteiger partial charge in [-0.05, 0) is 12.5 Å². The Bertz CT molecular complexity index is 509. The first-order valence-electron chi connectivity index (χ1n) is 6.24. The van der Waals surface area contributed by atoms with Crippen LogP contribution in [0.25, 0.3) is 0 Å². The van der Waals surface area contributed by atoms with Crippen LogP contribution in [0.1, 0.15) is 30.9 Å². The molecule has 7 heteroatoms. The van der Waals surface area contributed by atoms with Crippen molar-refractivity contribution in [2.24, 2.45) is 5.73 Å². The average Bonchev–Trinajstić information content (AvgIpc) is 2.86. The fourth-order valence-corrected chi connectivity index (χ4v) is 1.78. The summed E-state index contributed by atoms with van der Waals surface area (Å²) in [6.45, 7) is 2.94. The van der Waals surface area contributed by atoms with Crippen molar-refractivity contribution in [3.05, 3.63) is 30.0 Å². The van der Waals surface area contributed by atoms with Gasteiger partial charge >= 0.3 is 0 Å². The predicted octanol–water partition coefficient (Wildman–Crippen LogP) is 0.729. The molecule has 0 aliphatic rings. The van der Waals surface area contributed by atoms with Gasteiger partial charge in [0.05, 0.1) is 18.8 Å². The Kier molecular flexibility index (Phi) is 4.40. The predicted molar refractivity (Wildman–Crippen MR) is 69.5 cm³/mol. The molecule has 0 aliphatic carbocycles. The lowest BCUT2D eigenvalue weighted by atomic mass is 10.1. The SMILES string of the molecule is CCCn1ncnc1CC(N)c1ccc(OC)nn1. The number of hydrogen-bond acceptors (Lipinski definition) is 6. The summed E-state index contributed by atoms with van der Waals surface area (Å²) in [6.07, 6.45) is 3.15. The largest absolute Gasteiger partial charge is 0.480 e. The molecule has 2 aromatic rings. The smallest absolute Gasteiger partial charge is 0.233 e. The van der Waals surface area contributed by atoms with E-state index in [-0.39, 0.29) is 6.04 Å². The van der Waals surface area contributed by atoms with Crippen molar-refractivity contribution in [1.29, 1.82) is 0 Å². The Labute approximate surface area is 111 Å². The fourth-order valence-electron chi connectivity index (χ4n) is 1.78. The van der Waals surface area contributed by atoms with Gasteiger partial charge in [0.25, 0.3) is 0 Å². The lowest BCUT2D eigenvalue weighted by Gasteiger charge is -2.11. The molecule has 0 saturated carbocycles. The van der Waals surface area contributed by atoms with E-state index in [4.69, 9.17) is 10.5 Å². The lowest BCUT2D eigenvalue weighted by molar-refractivity contribution is 0.390. The van der Waals surface area contributed by atoms with Gasteiger partial charge in [0.15, 0.2) is 0 Å². The van der Waals surface area contributed by atoms with E-state index in [0.717, 1.165) is 18.8 Å². The first kappa shape index (κ1) is 13.4. The van der Waals surface area contributed by atoms with Crippen LogP contribution in [0.4, 0.5) is 0 Å². The highest BCUT2D eigenvalue weighted by Gasteiger charge is 2.13. The molecule has 2 heterocycles. The average molecular weight is 262 g/mol. The topological polar surface area (TPSA) is 91.7 Å². The minimum atomic E-state index is -0.252. The molecule has 0 aliphatic heterocycles. The number of aryl methyl sites for hydroxylation is 1. The summed E-state index contributed by atoms with van der Waals surface area (Å²) >= 11 is 0. The highest BCUT2D eigenvalue weighted by molar-refractivity contribution is 5.14. The minimum Gasteiger partial charge on any atom is -0.480 e. The molecular formula is C12H18N6O. The number of rotatable bonds is 6. The van der Waals surface area contributed by atoms with E-state index in [9.17, 15) is 0 Å². The van der Waals surface area contributed by atoms with Crippen LogP contribution >= 0.6 is 0 Å². The summed E-state index contributed by atoms with van der Waals surface area (Å²) in [5, 5.41) is 12.1.